The lowest BCUT2D eigenvalue weighted by atomic mass is 9.99. The highest BCUT2D eigenvalue weighted by molar-refractivity contribution is 5.73. The van der Waals surface area contributed by atoms with Crippen molar-refractivity contribution in [1.82, 2.24) is 0 Å². The molecule has 0 unspecified atom stereocenters. The molecule has 0 heterocycles. The standard InChI is InChI=1S/C6H12FNO4/c7-6(2-9,3-10)1-4(8)5(11)12/h4,9-10H,1-3,8H2,(H,11,12)/t4-/m0/s1. The van der Waals surface area contributed by atoms with Gasteiger partial charge in [0.25, 0.3) is 0 Å². The molecule has 0 bridgehead atoms. The number of carboxylic acids is 1. The Morgan fingerprint density at radius 3 is 2.17 bits per heavy atom. The molecule has 0 aliphatic heterocycles. The zero-order chi connectivity index (χ0) is 9.78. The fraction of sp³-hybridized carbons (Fsp3) is 0.833. The number of carboxylic acid groups (broad SMARTS) is 1. The second-order valence-electron chi connectivity index (χ2n) is 2.62. The molecule has 12 heavy (non-hydrogen) atoms. The van der Waals surface area contributed by atoms with Crippen LogP contribution >= 0.6 is 0 Å². The zero-order valence-electron chi connectivity index (χ0n) is 6.40. The van der Waals surface area contributed by atoms with E-state index in [1.165, 1.54) is 0 Å². The monoisotopic (exact) mass is 181 g/mol. The molecule has 0 aromatic carbocycles. The molecule has 0 aliphatic carbocycles. The third-order valence-electron chi connectivity index (χ3n) is 1.47. The number of hydrogen-bond donors (Lipinski definition) is 4. The molecular formula is C6H12FNO4. The van der Waals surface area contributed by atoms with Gasteiger partial charge in [0.15, 0.2) is 5.67 Å². The van der Waals surface area contributed by atoms with Gasteiger partial charge in [0.1, 0.15) is 6.04 Å². The average molecular weight is 181 g/mol. The molecule has 5 N–H and O–H groups in total. The summed E-state index contributed by atoms with van der Waals surface area (Å²) in [6, 6.07) is -1.41. The maximum Gasteiger partial charge on any atom is 0.320 e. The molecule has 0 saturated carbocycles. The minimum Gasteiger partial charge on any atom is -0.480 e. The van der Waals surface area contributed by atoms with Crippen molar-refractivity contribution >= 4 is 5.97 Å². The highest BCUT2D eigenvalue weighted by Gasteiger charge is 2.32. The van der Waals surface area contributed by atoms with Crippen LogP contribution in [0.3, 0.4) is 0 Å². The second-order valence-corrected chi connectivity index (χ2v) is 2.62. The van der Waals surface area contributed by atoms with Crippen LogP contribution in [0, 0.1) is 0 Å². The van der Waals surface area contributed by atoms with Gasteiger partial charge in [-0.05, 0) is 0 Å². The molecule has 1 atom stereocenters. The van der Waals surface area contributed by atoms with E-state index in [0.29, 0.717) is 0 Å². The number of aliphatic hydroxyl groups is 2. The van der Waals surface area contributed by atoms with E-state index in [-0.39, 0.29) is 0 Å². The lowest BCUT2D eigenvalue weighted by molar-refractivity contribution is -0.140. The second kappa shape index (κ2) is 4.34. The van der Waals surface area contributed by atoms with Gasteiger partial charge in [-0.1, -0.05) is 0 Å². The van der Waals surface area contributed by atoms with Crippen LogP contribution in [-0.4, -0.2) is 46.2 Å². The Bertz CT molecular complexity index is 160. The first-order chi connectivity index (χ1) is 5.45. The van der Waals surface area contributed by atoms with Gasteiger partial charge in [0, 0.05) is 6.42 Å². The summed E-state index contributed by atoms with van der Waals surface area (Å²) in [5.74, 6) is -1.36. The Kier molecular flexibility index (Phi) is 4.08. The summed E-state index contributed by atoms with van der Waals surface area (Å²) >= 11 is 0. The molecule has 0 saturated heterocycles. The van der Waals surface area contributed by atoms with E-state index in [4.69, 9.17) is 21.1 Å². The maximum absolute atomic E-state index is 13.0. The van der Waals surface area contributed by atoms with E-state index in [1.807, 2.05) is 0 Å². The lowest BCUT2D eigenvalue weighted by Gasteiger charge is -2.21. The Hall–Kier alpha value is -0.720. The Balaban J connectivity index is 4.11. The maximum atomic E-state index is 13.0. The number of carbonyl (C=O) groups is 1. The number of alkyl halides is 1. The number of rotatable bonds is 5. The van der Waals surface area contributed by atoms with Crippen molar-refractivity contribution in [3.8, 4) is 0 Å². The van der Waals surface area contributed by atoms with Crippen molar-refractivity contribution in [1.29, 1.82) is 0 Å². The average Bonchev–Trinajstić information content (AvgIpc) is 2.04. The first kappa shape index (κ1) is 11.3. The summed E-state index contributed by atoms with van der Waals surface area (Å²) < 4.78 is 13.0. The Morgan fingerprint density at radius 1 is 1.50 bits per heavy atom. The molecule has 0 fully saturated rings. The lowest BCUT2D eigenvalue weighted by Crippen LogP contribution is -2.43. The van der Waals surface area contributed by atoms with E-state index in [2.05, 4.69) is 0 Å². The molecule has 6 heteroatoms. The fourth-order valence-electron chi connectivity index (χ4n) is 0.661. The van der Waals surface area contributed by atoms with Gasteiger partial charge in [-0.3, -0.25) is 4.79 Å². The predicted octanol–water partition coefficient (Wildman–Crippen LogP) is -1.52. The fourth-order valence-corrected chi connectivity index (χ4v) is 0.661. The van der Waals surface area contributed by atoms with Gasteiger partial charge in [-0.25, -0.2) is 4.39 Å². The van der Waals surface area contributed by atoms with Crippen LogP contribution in [0.5, 0.6) is 0 Å². The number of aliphatic carboxylic acids is 1. The number of hydrogen-bond acceptors (Lipinski definition) is 4. The Labute approximate surface area is 68.6 Å². The van der Waals surface area contributed by atoms with E-state index in [0.717, 1.165) is 0 Å². The van der Waals surface area contributed by atoms with Crippen LogP contribution in [0.2, 0.25) is 0 Å². The van der Waals surface area contributed by atoms with E-state index >= 15 is 0 Å². The van der Waals surface area contributed by atoms with Crippen molar-refractivity contribution in [3.63, 3.8) is 0 Å². The van der Waals surface area contributed by atoms with Crippen LogP contribution in [-0.2, 0) is 4.79 Å². The van der Waals surface area contributed by atoms with E-state index in [1.54, 1.807) is 0 Å². The molecule has 5 nitrogen and oxygen atoms in total. The Morgan fingerprint density at radius 2 is 1.92 bits per heavy atom. The van der Waals surface area contributed by atoms with E-state index in [9.17, 15) is 9.18 Å². The van der Waals surface area contributed by atoms with Gasteiger partial charge in [-0.2, -0.15) is 0 Å². The predicted molar refractivity (Wildman–Crippen MR) is 38.2 cm³/mol. The molecule has 72 valence electrons. The summed E-state index contributed by atoms with van der Waals surface area (Å²) in [5.41, 5.74) is 2.68. The normalized spacial score (nSPS) is 14.3. The molecule has 0 amide bonds. The van der Waals surface area contributed by atoms with Crippen molar-refractivity contribution in [2.24, 2.45) is 5.73 Å². The molecule has 0 aromatic rings. The highest BCUT2D eigenvalue weighted by atomic mass is 19.1. The minimum absolute atomic E-state index is 0.602. The number of aliphatic hydroxyl groups excluding tert-OH is 2. The molecule has 0 aromatic heterocycles. The van der Waals surface area contributed by atoms with Crippen LogP contribution in [0.25, 0.3) is 0 Å². The van der Waals surface area contributed by atoms with Crippen LogP contribution < -0.4 is 5.73 Å². The van der Waals surface area contributed by atoms with Crippen molar-refractivity contribution in [2.75, 3.05) is 13.2 Å². The molecule has 0 aliphatic rings. The molecular weight excluding hydrogens is 169 g/mol. The quantitative estimate of drug-likeness (QED) is 0.412. The third kappa shape index (κ3) is 3.12. The van der Waals surface area contributed by atoms with Crippen LogP contribution in [0.15, 0.2) is 0 Å². The summed E-state index contributed by atoms with van der Waals surface area (Å²) in [5, 5.41) is 25.1. The highest BCUT2D eigenvalue weighted by Crippen LogP contribution is 2.16. The van der Waals surface area contributed by atoms with Crippen molar-refractivity contribution in [3.05, 3.63) is 0 Å². The third-order valence-corrected chi connectivity index (χ3v) is 1.47. The van der Waals surface area contributed by atoms with Gasteiger partial charge < -0.3 is 21.1 Å². The topological polar surface area (TPSA) is 104 Å². The SMILES string of the molecule is N[C@@H](CC(F)(CO)CO)C(=O)O. The first-order valence-electron chi connectivity index (χ1n) is 3.34. The minimum atomic E-state index is -2.31. The molecule has 0 rings (SSSR count). The summed E-state index contributed by atoms with van der Waals surface area (Å²) in [6.45, 7) is -1.88. The van der Waals surface area contributed by atoms with Gasteiger partial charge in [-0.15, -0.1) is 0 Å². The largest absolute Gasteiger partial charge is 0.480 e. The van der Waals surface area contributed by atoms with Crippen LogP contribution in [0.4, 0.5) is 4.39 Å². The first-order valence-corrected chi connectivity index (χ1v) is 3.34. The molecule has 0 spiro atoms. The van der Waals surface area contributed by atoms with Gasteiger partial charge in [0.05, 0.1) is 13.2 Å². The van der Waals surface area contributed by atoms with E-state index < -0.39 is 37.3 Å². The summed E-state index contributed by atoms with van der Waals surface area (Å²) in [6.07, 6.45) is -0.602. The van der Waals surface area contributed by atoms with Crippen molar-refractivity contribution in [2.45, 2.75) is 18.1 Å². The van der Waals surface area contributed by atoms with Gasteiger partial charge in [0.2, 0.25) is 0 Å². The van der Waals surface area contributed by atoms with Crippen molar-refractivity contribution < 1.29 is 24.5 Å². The van der Waals surface area contributed by atoms with Crippen LogP contribution in [0.1, 0.15) is 6.42 Å². The zero-order valence-corrected chi connectivity index (χ0v) is 6.40. The number of halogens is 1. The smallest absolute Gasteiger partial charge is 0.320 e. The molecule has 0 radical (unpaired) electrons. The van der Waals surface area contributed by atoms with Gasteiger partial charge >= 0.3 is 5.97 Å². The summed E-state index contributed by atoms with van der Waals surface area (Å²) in [7, 11) is 0. The summed E-state index contributed by atoms with van der Waals surface area (Å²) in [4.78, 5) is 10.2. The number of nitrogens with two attached hydrogens (primary N) is 1.